The second kappa shape index (κ2) is 9.75. The van der Waals surface area contributed by atoms with Gasteiger partial charge in [-0.1, -0.05) is 48.5 Å². The lowest BCUT2D eigenvalue weighted by atomic mass is 10.1. The van der Waals surface area contributed by atoms with Crippen LogP contribution in [0, 0.1) is 6.92 Å². The first-order valence-electron chi connectivity index (χ1n) is 12.0. The summed E-state index contributed by atoms with van der Waals surface area (Å²) in [6.07, 6.45) is 1.76. The molecule has 3 aromatic carbocycles. The summed E-state index contributed by atoms with van der Waals surface area (Å²) in [5, 5.41) is 3.23. The molecule has 8 nitrogen and oxygen atoms in total. The first-order valence-corrected chi connectivity index (χ1v) is 12.9. The maximum Gasteiger partial charge on any atom is 0.294 e. The molecule has 1 saturated heterocycles. The van der Waals surface area contributed by atoms with Crippen LogP contribution in [0.1, 0.15) is 16.8 Å². The first kappa shape index (κ1) is 23.9. The molecule has 0 radical (unpaired) electrons. The number of imide groups is 1. The number of hydrogen-bond acceptors (Lipinski definition) is 6. The second-order valence-electron chi connectivity index (χ2n) is 8.97. The molecule has 3 heterocycles. The largest absolute Gasteiger partial charge is 0.454 e. The van der Waals surface area contributed by atoms with E-state index in [1.165, 1.54) is 0 Å². The molecule has 0 atom stereocenters. The van der Waals surface area contributed by atoms with Crippen molar-refractivity contribution in [3.63, 3.8) is 0 Å². The van der Waals surface area contributed by atoms with Crippen LogP contribution in [0.5, 0.6) is 11.5 Å². The maximum absolute atomic E-state index is 13.2. The van der Waals surface area contributed by atoms with Gasteiger partial charge in [-0.2, -0.15) is 0 Å². The minimum atomic E-state index is -0.486. The Kier molecular flexibility index (Phi) is 6.13. The van der Waals surface area contributed by atoms with Gasteiger partial charge < -0.3 is 19.4 Å². The zero-order chi connectivity index (χ0) is 26.2. The van der Waals surface area contributed by atoms with Crippen LogP contribution in [0.4, 0.5) is 10.5 Å². The van der Waals surface area contributed by atoms with Crippen LogP contribution in [0.15, 0.2) is 77.7 Å². The lowest BCUT2D eigenvalue weighted by Crippen LogP contribution is -2.36. The zero-order valence-corrected chi connectivity index (χ0v) is 21.3. The first-order chi connectivity index (χ1) is 18.5. The van der Waals surface area contributed by atoms with Crippen LogP contribution in [-0.4, -0.2) is 39.9 Å². The topological polar surface area (TPSA) is 89.9 Å². The Balaban J connectivity index is 1.24. The molecule has 2 aliphatic rings. The van der Waals surface area contributed by atoms with E-state index < -0.39 is 17.1 Å². The van der Waals surface area contributed by atoms with Gasteiger partial charge in [-0.25, -0.2) is 0 Å². The van der Waals surface area contributed by atoms with Crippen LogP contribution in [-0.2, 0) is 16.1 Å². The number of benzene rings is 3. The van der Waals surface area contributed by atoms with E-state index in [2.05, 4.69) is 28.1 Å². The Morgan fingerprint density at radius 3 is 2.61 bits per heavy atom. The number of nitrogens with zero attached hydrogens (tertiary/aromatic N) is 2. The highest BCUT2D eigenvalue weighted by Crippen LogP contribution is 2.36. The summed E-state index contributed by atoms with van der Waals surface area (Å²) in [6, 6.07) is 23.2. The smallest absolute Gasteiger partial charge is 0.294 e. The molecule has 1 N–H and O–H groups in total. The molecule has 0 saturated carbocycles. The fraction of sp³-hybridized carbons (Fsp3) is 0.138. The van der Waals surface area contributed by atoms with Crippen LogP contribution in [0.25, 0.3) is 17.0 Å². The van der Waals surface area contributed by atoms with E-state index in [-0.39, 0.29) is 18.2 Å². The number of rotatable bonds is 6. The molecule has 0 bridgehead atoms. The minimum absolute atomic E-state index is 0.125. The molecular formula is C29H23N3O5S. The average Bonchev–Trinajstić information content (AvgIpc) is 3.57. The standard InChI is InChI=1S/C29H23N3O5S/c1-18-22(21-9-5-6-10-23(21)31(18)15-19-7-3-2-4-8-19)14-26-28(34)32(29(35)38-26)16-27(33)30-20-11-12-24-25(13-20)37-17-36-24/h2-14H,15-17H2,1H3,(H,30,33)/b26-14-. The molecule has 1 fully saturated rings. The van der Waals surface area contributed by atoms with Crippen molar-refractivity contribution in [2.24, 2.45) is 0 Å². The van der Waals surface area contributed by atoms with E-state index in [1.54, 1.807) is 24.3 Å². The van der Waals surface area contributed by atoms with Gasteiger partial charge in [-0.3, -0.25) is 19.3 Å². The van der Waals surface area contributed by atoms with Gasteiger partial charge in [0.1, 0.15) is 6.54 Å². The van der Waals surface area contributed by atoms with Gasteiger partial charge in [0.15, 0.2) is 11.5 Å². The maximum atomic E-state index is 13.2. The van der Waals surface area contributed by atoms with Crippen LogP contribution in [0.2, 0.25) is 0 Å². The number of hydrogen-bond donors (Lipinski definition) is 1. The second-order valence-corrected chi connectivity index (χ2v) is 9.97. The molecule has 38 heavy (non-hydrogen) atoms. The third kappa shape index (κ3) is 4.41. The highest BCUT2D eigenvalue weighted by Gasteiger charge is 2.36. The number of para-hydroxylation sites is 1. The molecule has 0 aliphatic carbocycles. The number of fused-ring (bicyclic) bond motifs is 2. The summed E-state index contributed by atoms with van der Waals surface area (Å²) < 4.78 is 12.8. The van der Waals surface area contributed by atoms with E-state index in [0.717, 1.165) is 44.4 Å². The summed E-state index contributed by atoms with van der Waals surface area (Å²) in [4.78, 5) is 39.9. The Morgan fingerprint density at radius 1 is 1.00 bits per heavy atom. The predicted molar refractivity (Wildman–Crippen MR) is 146 cm³/mol. The number of aromatic nitrogens is 1. The number of carbonyl (C=O) groups excluding carboxylic acids is 3. The van der Waals surface area contributed by atoms with Gasteiger partial charge in [0.25, 0.3) is 11.1 Å². The Morgan fingerprint density at radius 2 is 1.76 bits per heavy atom. The van der Waals surface area contributed by atoms with Gasteiger partial charge in [0.2, 0.25) is 12.7 Å². The van der Waals surface area contributed by atoms with Crippen LogP contribution < -0.4 is 14.8 Å². The molecule has 3 amide bonds. The Hall–Kier alpha value is -4.50. The third-order valence-electron chi connectivity index (χ3n) is 6.57. The molecule has 9 heteroatoms. The zero-order valence-electron chi connectivity index (χ0n) is 20.5. The fourth-order valence-electron chi connectivity index (χ4n) is 4.70. The van der Waals surface area contributed by atoms with Crippen molar-refractivity contribution in [1.29, 1.82) is 0 Å². The van der Waals surface area contributed by atoms with Crippen molar-refractivity contribution in [1.82, 2.24) is 9.47 Å². The summed E-state index contributed by atoms with van der Waals surface area (Å²) in [5.41, 5.74) is 4.57. The van der Waals surface area contributed by atoms with E-state index in [4.69, 9.17) is 9.47 Å². The van der Waals surface area contributed by atoms with Crippen molar-refractivity contribution in [2.75, 3.05) is 18.7 Å². The predicted octanol–water partition coefficient (Wildman–Crippen LogP) is 5.40. The molecule has 190 valence electrons. The van der Waals surface area contributed by atoms with Gasteiger partial charge in [-0.15, -0.1) is 0 Å². The Bertz CT molecular complexity index is 1630. The molecule has 1 aromatic heterocycles. The van der Waals surface area contributed by atoms with E-state index in [9.17, 15) is 14.4 Å². The van der Waals surface area contributed by atoms with Gasteiger partial charge in [-0.05, 0) is 48.5 Å². The molecule has 6 rings (SSSR count). The number of carbonyl (C=O) groups is 3. The minimum Gasteiger partial charge on any atom is -0.454 e. The number of thioether (sulfide) groups is 1. The van der Waals surface area contributed by atoms with Gasteiger partial charge in [0.05, 0.1) is 4.91 Å². The summed E-state index contributed by atoms with van der Waals surface area (Å²) in [6.45, 7) is 2.44. The molecule has 0 unspecified atom stereocenters. The molecular weight excluding hydrogens is 502 g/mol. The van der Waals surface area contributed by atoms with Crippen LogP contribution >= 0.6 is 11.8 Å². The third-order valence-corrected chi connectivity index (χ3v) is 7.48. The van der Waals surface area contributed by atoms with Crippen molar-refractivity contribution in [3.8, 4) is 11.5 Å². The number of amides is 3. The van der Waals surface area contributed by atoms with E-state index in [0.29, 0.717) is 23.7 Å². The fourth-order valence-corrected chi connectivity index (χ4v) is 5.52. The highest BCUT2D eigenvalue weighted by atomic mass is 32.2. The normalized spacial score (nSPS) is 15.6. The Labute approximate surface area is 222 Å². The van der Waals surface area contributed by atoms with E-state index >= 15 is 0 Å². The number of anilines is 1. The molecule has 4 aromatic rings. The lowest BCUT2D eigenvalue weighted by Gasteiger charge is -2.12. The van der Waals surface area contributed by atoms with E-state index in [1.807, 2.05) is 43.3 Å². The van der Waals surface area contributed by atoms with Crippen molar-refractivity contribution in [2.45, 2.75) is 13.5 Å². The summed E-state index contributed by atoms with van der Waals surface area (Å²) >= 11 is 0.844. The highest BCUT2D eigenvalue weighted by molar-refractivity contribution is 8.18. The van der Waals surface area contributed by atoms with Gasteiger partial charge >= 0.3 is 0 Å². The number of nitrogens with one attached hydrogen (secondary N) is 1. The summed E-state index contributed by atoms with van der Waals surface area (Å²) in [5.74, 6) is 0.154. The van der Waals surface area contributed by atoms with Gasteiger partial charge in [0, 0.05) is 40.5 Å². The van der Waals surface area contributed by atoms with Crippen LogP contribution in [0.3, 0.4) is 0 Å². The number of ether oxygens (including phenoxy) is 2. The van der Waals surface area contributed by atoms with Crippen molar-refractivity contribution in [3.05, 3.63) is 94.5 Å². The monoisotopic (exact) mass is 525 g/mol. The SMILES string of the molecule is Cc1c(/C=C2\SC(=O)N(CC(=O)Nc3ccc4c(c3)OCO4)C2=O)c2ccccc2n1Cc1ccccc1. The van der Waals surface area contributed by atoms with Crippen molar-refractivity contribution < 1.29 is 23.9 Å². The molecule has 2 aliphatic heterocycles. The average molecular weight is 526 g/mol. The lowest BCUT2D eigenvalue weighted by molar-refractivity contribution is -0.127. The summed E-state index contributed by atoms with van der Waals surface area (Å²) in [7, 11) is 0. The van der Waals surface area contributed by atoms with Crippen molar-refractivity contribution >= 4 is 51.5 Å². The quantitative estimate of drug-likeness (QED) is 0.339. The molecule has 0 spiro atoms.